The Kier molecular flexibility index (Phi) is 3.16. The van der Waals surface area contributed by atoms with Crippen molar-refractivity contribution in [2.75, 3.05) is 27.8 Å². The molecule has 28 heavy (non-hydrogen) atoms. The summed E-state index contributed by atoms with van der Waals surface area (Å²) in [5, 5.41) is 0. The second kappa shape index (κ2) is 5.11. The third-order valence-electron chi connectivity index (χ3n) is 9.32. The van der Waals surface area contributed by atoms with Gasteiger partial charge in [0.25, 0.3) is 0 Å². The van der Waals surface area contributed by atoms with Crippen molar-refractivity contribution >= 4 is 5.78 Å². The lowest BCUT2D eigenvalue weighted by Crippen LogP contribution is -2.81. The van der Waals surface area contributed by atoms with E-state index in [1.165, 1.54) is 11.1 Å². The standard InChI is InChI=1S/C23H29NO4/c1-13(25)15-12-21-7-8-23(15,27-4)20-22(21)9-10-24(2)17(21)11-14-5-6-16(26-3)19(28-20)18(14)22/h5-6,15,17,20H,7-12H2,1-4H3/t15-,17-,20?,21?,22+,23+/m1/s1. The normalized spacial score (nSPS) is 44.8. The number of hydrogen-bond donors (Lipinski definition) is 0. The van der Waals surface area contributed by atoms with Crippen molar-refractivity contribution in [1.82, 2.24) is 4.90 Å². The van der Waals surface area contributed by atoms with Gasteiger partial charge < -0.3 is 19.1 Å². The van der Waals surface area contributed by atoms with Crippen LogP contribution in [0.25, 0.3) is 0 Å². The van der Waals surface area contributed by atoms with E-state index in [4.69, 9.17) is 14.2 Å². The maximum absolute atomic E-state index is 12.8. The van der Waals surface area contributed by atoms with Gasteiger partial charge in [0.15, 0.2) is 11.5 Å². The van der Waals surface area contributed by atoms with E-state index in [9.17, 15) is 4.79 Å². The van der Waals surface area contributed by atoms with Crippen LogP contribution >= 0.6 is 0 Å². The number of likely N-dealkylation sites (tertiary alicyclic amines) is 1. The summed E-state index contributed by atoms with van der Waals surface area (Å²) < 4.78 is 18.8. The topological polar surface area (TPSA) is 48.0 Å². The van der Waals surface area contributed by atoms with Crippen LogP contribution < -0.4 is 9.47 Å². The highest BCUT2D eigenvalue weighted by Crippen LogP contribution is 2.76. The largest absolute Gasteiger partial charge is 0.493 e. The molecule has 4 aliphatic carbocycles. The lowest BCUT2D eigenvalue weighted by molar-refractivity contribution is -0.270. The van der Waals surface area contributed by atoms with Crippen LogP contribution in [0.1, 0.15) is 43.7 Å². The third-order valence-corrected chi connectivity index (χ3v) is 9.32. The number of ether oxygens (including phenoxy) is 3. The first kappa shape index (κ1) is 17.3. The summed E-state index contributed by atoms with van der Waals surface area (Å²) >= 11 is 0. The van der Waals surface area contributed by atoms with Crippen LogP contribution in [0, 0.1) is 11.3 Å². The van der Waals surface area contributed by atoms with Crippen LogP contribution in [0.15, 0.2) is 12.1 Å². The van der Waals surface area contributed by atoms with Gasteiger partial charge in [-0.05, 0) is 64.3 Å². The number of methoxy groups -OCH3 is 2. The summed E-state index contributed by atoms with van der Waals surface area (Å²) in [7, 11) is 5.77. The fourth-order valence-corrected chi connectivity index (χ4v) is 8.30. The Hall–Kier alpha value is -1.59. The van der Waals surface area contributed by atoms with Gasteiger partial charge in [-0.1, -0.05) is 6.07 Å². The van der Waals surface area contributed by atoms with Gasteiger partial charge >= 0.3 is 0 Å². The zero-order chi connectivity index (χ0) is 19.5. The molecular weight excluding hydrogens is 354 g/mol. The second-order valence-electron chi connectivity index (χ2n) is 9.73. The zero-order valence-corrected chi connectivity index (χ0v) is 17.2. The van der Waals surface area contributed by atoms with Crippen LogP contribution in [0.2, 0.25) is 0 Å². The number of hydrogen-bond acceptors (Lipinski definition) is 5. The first-order valence-corrected chi connectivity index (χ1v) is 10.6. The van der Waals surface area contributed by atoms with E-state index in [0.29, 0.717) is 6.04 Å². The second-order valence-corrected chi connectivity index (χ2v) is 9.73. The molecular formula is C23H29NO4. The Morgan fingerprint density at radius 3 is 2.79 bits per heavy atom. The predicted molar refractivity (Wildman–Crippen MR) is 104 cm³/mol. The Balaban J connectivity index is 1.69. The van der Waals surface area contributed by atoms with Crippen molar-refractivity contribution < 1.29 is 19.0 Å². The van der Waals surface area contributed by atoms with E-state index in [1.54, 1.807) is 21.1 Å². The number of nitrogens with zero attached hydrogens (tertiary/aromatic N) is 1. The van der Waals surface area contributed by atoms with Crippen molar-refractivity contribution in [3.63, 3.8) is 0 Å². The predicted octanol–water partition coefficient (Wildman–Crippen LogP) is 2.73. The molecule has 0 N–H and O–H groups in total. The van der Waals surface area contributed by atoms with Crippen molar-refractivity contribution in [3.05, 3.63) is 23.3 Å². The highest BCUT2D eigenvalue weighted by molar-refractivity contribution is 5.81. The van der Waals surface area contributed by atoms with Gasteiger partial charge in [0.1, 0.15) is 17.5 Å². The Labute approximate surface area is 166 Å². The van der Waals surface area contributed by atoms with Crippen molar-refractivity contribution in [1.29, 1.82) is 0 Å². The van der Waals surface area contributed by atoms with Crippen LogP contribution in [0.5, 0.6) is 11.5 Å². The molecule has 4 fully saturated rings. The maximum Gasteiger partial charge on any atom is 0.165 e. The summed E-state index contributed by atoms with van der Waals surface area (Å²) in [5.74, 6) is 1.89. The van der Waals surface area contributed by atoms with Gasteiger partial charge in [-0.15, -0.1) is 0 Å². The fraction of sp³-hybridized carbons (Fsp3) is 0.696. The van der Waals surface area contributed by atoms with E-state index in [1.807, 2.05) is 0 Å². The molecule has 1 aromatic carbocycles. The molecule has 0 aromatic heterocycles. The minimum atomic E-state index is -0.535. The van der Waals surface area contributed by atoms with Gasteiger partial charge in [0.2, 0.25) is 0 Å². The van der Waals surface area contributed by atoms with Crippen LogP contribution in [-0.2, 0) is 21.4 Å². The summed E-state index contributed by atoms with van der Waals surface area (Å²) in [4.78, 5) is 15.4. The first-order chi connectivity index (χ1) is 13.4. The number of rotatable bonds is 3. The van der Waals surface area contributed by atoms with E-state index >= 15 is 0 Å². The number of piperidine rings is 1. The molecule has 2 unspecified atom stereocenters. The SMILES string of the molecule is COc1ccc2c3c1OC1[C@]34CCN(C)[C@H](C2)C42CC[C@]1(OC)[C@@H](C(C)=O)C2. The van der Waals surface area contributed by atoms with Gasteiger partial charge in [-0.3, -0.25) is 4.79 Å². The minimum absolute atomic E-state index is 0.0676. The molecule has 150 valence electrons. The average molecular weight is 383 g/mol. The Morgan fingerprint density at radius 2 is 2.07 bits per heavy atom. The number of carbonyl (C=O) groups excluding carboxylic acids is 1. The maximum atomic E-state index is 12.8. The van der Waals surface area contributed by atoms with Crippen LogP contribution in [-0.4, -0.2) is 56.2 Å². The van der Waals surface area contributed by atoms with Crippen LogP contribution in [0.3, 0.4) is 0 Å². The van der Waals surface area contributed by atoms with Crippen molar-refractivity contribution in [2.45, 2.75) is 62.2 Å². The molecule has 2 aliphatic heterocycles. The van der Waals surface area contributed by atoms with Gasteiger partial charge in [-0.25, -0.2) is 0 Å². The van der Waals surface area contributed by atoms with Gasteiger partial charge in [0.05, 0.1) is 13.0 Å². The van der Waals surface area contributed by atoms with Crippen LogP contribution in [0.4, 0.5) is 0 Å². The number of benzene rings is 1. The molecule has 4 bridgehead atoms. The van der Waals surface area contributed by atoms with E-state index in [0.717, 1.165) is 50.1 Å². The van der Waals surface area contributed by atoms with E-state index < -0.39 is 5.60 Å². The molecule has 2 spiro atoms. The molecule has 1 aromatic rings. The quantitative estimate of drug-likeness (QED) is 0.803. The summed E-state index contributed by atoms with van der Waals surface area (Å²) in [6, 6.07) is 4.75. The van der Waals surface area contributed by atoms with Gasteiger partial charge in [-0.2, -0.15) is 0 Å². The third kappa shape index (κ3) is 1.53. The summed E-state index contributed by atoms with van der Waals surface area (Å²) in [6.07, 6.45) is 4.91. The Bertz CT molecular complexity index is 899. The number of ketones is 1. The molecule has 6 atom stereocenters. The van der Waals surface area contributed by atoms with E-state index in [-0.39, 0.29) is 28.6 Å². The molecule has 7 rings (SSSR count). The molecule has 2 heterocycles. The fourth-order valence-electron chi connectivity index (χ4n) is 8.30. The number of fused-ring (bicyclic) bond motifs is 2. The molecule has 5 nitrogen and oxygen atoms in total. The Morgan fingerprint density at radius 1 is 1.25 bits per heavy atom. The van der Waals surface area contributed by atoms with Gasteiger partial charge in [0, 0.05) is 29.5 Å². The lowest BCUT2D eigenvalue weighted by Gasteiger charge is -2.73. The molecule has 3 saturated carbocycles. The summed E-state index contributed by atoms with van der Waals surface area (Å²) in [6.45, 7) is 2.80. The highest BCUT2D eigenvalue weighted by atomic mass is 16.6. The number of carbonyl (C=O) groups is 1. The van der Waals surface area contributed by atoms with E-state index in [2.05, 4.69) is 24.1 Å². The molecule has 0 amide bonds. The number of likely N-dealkylation sites (N-methyl/N-ethyl adjacent to an activating group) is 1. The molecule has 1 saturated heterocycles. The molecule has 0 radical (unpaired) electrons. The highest BCUT2D eigenvalue weighted by Gasteiger charge is 2.80. The van der Waals surface area contributed by atoms with Crippen molar-refractivity contribution in [2.24, 2.45) is 11.3 Å². The first-order valence-electron chi connectivity index (χ1n) is 10.6. The lowest BCUT2D eigenvalue weighted by atomic mass is 9.34. The molecule has 5 heteroatoms. The number of Topliss-reactive ketones (excluding diaryl/α,β-unsaturated/α-hetero) is 1. The smallest absolute Gasteiger partial charge is 0.165 e. The monoisotopic (exact) mass is 383 g/mol. The minimum Gasteiger partial charge on any atom is -0.493 e. The zero-order valence-electron chi connectivity index (χ0n) is 17.2. The molecule has 6 aliphatic rings. The average Bonchev–Trinajstić information content (AvgIpc) is 3.07. The summed E-state index contributed by atoms with van der Waals surface area (Å²) in [5.41, 5.74) is 2.25. The van der Waals surface area contributed by atoms with Crippen molar-refractivity contribution in [3.8, 4) is 11.5 Å².